The first-order valence-corrected chi connectivity index (χ1v) is 9.93. The summed E-state index contributed by atoms with van der Waals surface area (Å²) in [5, 5.41) is 17.4. The van der Waals surface area contributed by atoms with Gasteiger partial charge in [0.25, 0.3) is 0 Å². The van der Waals surface area contributed by atoms with Gasteiger partial charge in [0.1, 0.15) is 11.5 Å². The van der Waals surface area contributed by atoms with Crippen LogP contribution in [-0.2, 0) is 13.0 Å². The summed E-state index contributed by atoms with van der Waals surface area (Å²) < 4.78 is 5.60. The van der Waals surface area contributed by atoms with Gasteiger partial charge in [0.15, 0.2) is 0 Å². The molecule has 0 aliphatic carbocycles. The number of rotatable bonds is 4. The van der Waals surface area contributed by atoms with E-state index in [0.29, 0.717) is 5.95 Å². The highest BCUT2D eigenvalue weighted by molar-refractivity contribution is 5.85. The Morgan fingerprint density at radius 3 is 2.80 bits per heavy atom. The van der Waals surface area contributed by atoms with E-state index in [2.05, 4.69) is 27.8 Å². The summed E-state index contributed by atoms with van der Waals surface area (Å²) in [6.07, 6.45) is 2.81. The van der Waals surface area contributed by atoms with Crippen LogP contribution >= 0.6 is 0 Å². The molecule has 3 N–H and O–H groups in total. The number of benzene rings is 3. The van der Waals surface area contributed by atoms with E-state index in [9.17, 15) is 5.11 Å². The Morgan fingerprint density at radius 1 is 1.03 bits per heavy atom. The number of aromatic hydroxyl groups is 1. The van der Waals surface area contributed by atoms with Crippen molar-refractivity contribution >= 4 is 22.5 Å². The van der Waals surface area contributed by atoms with Crippen LogP contribution in [-0.4, -0.2) is 28.7 Å². The molecule has 1 aliphatic rings. The summed E-state index contributed by atoms with van der Waals surface area (Å²) in [7, 11) is 1.68. The van der Waals surface area contributed by atoms with Gasteiger partial charge >= 0.3 is 0 Å². The highest BCUT2D eigenvalue weighted by atomic mass is 16.5. The molecule has 0 spiro atoms. The first-order chi connectivity index (χ1) is 14.7. The lowest BCUT2D eigenvalue weighted by molar-refractivity contribution is 0.415. The van der Waals surface area contributed by atoms with Crippen molar-refractivity contribution in [3.8, 4) is 22.6 Å². The first kappa shape index (κ1) is 18.4. The Hall–Kier alpha value is -3.64. The molecule has 1 aromatic heterocycles. The van der Waals surface area contributed by atoms with E-state index in [0.717, 1.165) is 53.0 Å². The predicted molar refractivity (Wildman–Crippen MR) is 118 cm³/mol. The Bertz CT molecular complexity index is 1240. The topological polar surface area (TPSA) is 79.3 Å². The lowest BCUT2D eigenvalue weighted by Gasteiger charge is -2.20. The second kappa shape index (κ2) is 7.65. The fraction of sp³-hybridized carbons (Fsp3) is 0.167. The van der Waals surface area contributed by atoms with Crippen LogP contribution in [0.3, 0.4) is 0 Å². The summed E-state index contributed by atoms with van der Waals surface area (Å²) in [6, 6.07) is 17.4. The molecule has 1 aliphatic heterocycles. The van der Waals surface area contributed by atoms with Crippen molar-refractivity contribution in [1.29, 1.82) is 0 Å². The Labute approximate surface area is 174 Å². The monoisotopic (exact) mass is 398 g/mol. The molecule has 0 atom stereocenters. The smallest absolute Gasteiger partial charge is 0.227 e. The van der Waals surface area contributed by atoms with Crippen LogP contribution in [0.15, 0.2) is 60.8 Å². The maximum absolute atomic E-state index is 9.78. The summed E-state index contributed by atoms with van der Waals surface area (Å²) in [5.74, 6) is 1.54. The molecule has 6 heteroatoms. The zero-order chi connectivity index (χ0) is 20.5. The first-order valence-electron chi connectivity index (χ1n) is 9.93. The number of nitrogens with one attached hydrogen (secondary N) is 2. The van der Waals surface area contributed by atoms with E-state index in [4.69, 9.17) is 9.72 Å². The second-order valence-electron chi connectivity index (χ2n) is 7.39. The SMILES string of the molecule is COc1cc2c(cc1Nc1ncc3ccc(-c4cccc(O)c4)cc3n1)CNCC2. The van der Waals surface area contributed by atoms with Gasteiger partial charge in [0.05, 0.1) is 18.3 Å². The fourth-order valence-corrected chi connectivity index (χ4v) is 3.85. The van der Waals surface area contributed by atoms with Gasteiger partial charge in [-0.1, -0.05) is 24.3 Å². The van der Waals surface area contributed by atoms with Gasteiger partial charge in [-0.05, 0) is 65.6 Å². The largest absolute Gasteiger partial charge is 0.508 e. The molecule has 2 heterocycles. The number of hydrogen-bond acceptors (Lipinski definition) is 6. The van der Waals surface area contributed by atoms with Crippen LogP contribution in [0.25, 0.3) is 22.0 Å². The van der Waals surface area contributed by atoms with Gasteiger partial charge in [-0.25, -0.2) is 9.97 Å². The van der Waals surface area contributed by atoms with Crippen molar-refractivity contribution < 1.29 is 9.84 Å². The van der Waals surface area contributed by atoms with E-state index in [1.807, 2.05) is 36.5 Å². The molecule has 5 rings (SSSR count). The number of fused-ring (bicyclic) bond motifs is 2. The van der Waals surface area contributed by atoms with Crippen molar-refractivity contribution in [3.63, 3.8) is 0 Å². The Balaban J connectivity index is 1.50. The third kappa shape index (κ3) is 3.53. The van der Waals surface area contributed by atoms with Gasteiger partial charge in [-0.2, -0.15) is 0 Å². The molecule has 30 heavy (non-hydrogen) atoms. The van der Waals surface area contributed by atoms with Crippen LogP contribution in [0.5, 0.6) is 11.5 Å². The van der Waals surface area contributed by atoms with Crippen molar-refractivity contribution in [2.75, 3.05) is 19.0 Å². The third-order valence-corrected chi connectivity index (χ3v) is 5.42. The minimum absolute atomic E-state index is 0.242. The molecule has 4 aromatic rings. The van der Waals surface area contributed by atoms with Crippen LogP contribution in [0, 0.1) is 0 Å². The van der Waals surface area contributed by atoms with Crippen LogP contribution in [0.4, 0.5) is 11.6 Å². The van der Waals surface area contributed by atoms with E-state index in [-0.39, 0.29) is 5.75 Å². The summed E-state index contributed by atoms with van der Waals surface area (Å²) in [6.45, 7) is 1.83. The zero-order valence-electron chi connectivity index (χ0n) is 16.6. The highest BCUT2D eigenvalue weighted by Crippen LogP contribution is 2.32. The maximum Gasteiger partial charge on any atom is 0.227 e. The number of anilines is 2. The number of phenols is 1. The summed E-state index contributed by atoms with van der Waals surface area (Å²) in [4.78, 5) is 9.18. The lowest BCUT2D eigenvalue weighted by Crippen LogP contribution is -2.23. The second-order valence-corrected chi connectivity index (χ2v) is 7.39. The fourth-order valence-electron chi connectivity index (χ4n) is 3.85. The zero-order valence-corrected chi connectivity index (χ0v) is 16.6. The van der Waals surface area contributed by atoms with E-state index in [1.165, 1.54) is 11.1 Å². The number of phenolic OH excluding ortho intramolecular Hbond substituents is 1. The number of aromatic nitrogens is 2. The average molecular weight is 398 g/mol. The number of nitrogens with zero attached hydrogens (tertiary/aromatic N) is 2. The third-order valence-electron chi connectivity index (χ3n) is 5.42. The molecule has 150 valence electrons. The average Bonchev–Trinajstić information content (AvgIpc) is 2.78. The van der Waals surface area contributed by atoms with Crippen molar-refractivity contribution in [1.82, 2.24) is 15.3 Å². The van der Waals surface area contributed by atoms with Gasteiger partial charge in [-0.15, -0.1) is 0 Å². The van der Waals surface area contributed by atoms with Gasteiger partial charge in [-0.3, -0.25) is 0 Å². The van der Waals surface area contributed by atoms with Crippen LogP contribution in [0.2, 0.25) is 0 Å². The molecule has 0 saturated carbocycles. The van der Waals surface area contributed by atoms with Crippen LogP contribution in [0.1, 0.15) is 11.1 Å². The molecule has 0 radical (unpaired) electrons. The normalized spacial score (nSPS) is 13.1. The molecular weight excluding hydrogens is 376 g/mol. The maximum atomic E-state index is 9.78. The quantitative estimate of drug-likeness (QED) is 0.473. The Morgan fingerprint density at radius 2 is 1.93 bits per heavy atom. The molecule has 0 bridgehead atoms. The molecule has 0 saturated heterocycles. The highest BCUT2D eigenvalue weighted by Gasteiger charge is 2.14. The van der Waals surface area contributed by atoms with Crippen molar-refractivity contribution in [2.24, 2.45) is 0 Å². The molecule has 3 aromatic carbocycles. The number of hydrogen-bond donors (Lipinski definition) is 3. The van der Waals surface area contributed by atoms with Gasteiger partial charge in [0.2, 0.25) is 5.95 Å². The Kier molecular flexibility index (Phi) is 4.69. The summed E-state index contributed by atoms with van der Waals surface area (Å²) in [5.41, 5.74) is 6.17. The van der Waals surface area contributed by atoms with E-state index < -0.39 is 0 Å². The molecule has 0 unspecified atom stereocenters. The molecular formula is C24H22N4O2. The molecule has 0 fully saturated rings. The van der Waals surface area contributed by atoms with E-state index in [1.54, 1.807) is 19.2 Å². The number of methoxy groups -OCH3 is 1. The minimum atomic E-state index is 0.242. The standard InChI is InChI=1S/C24H22N4O2/c1-30-23-12-17-7-8-25-13-19(17)11-22(23)28-24-26-14-18-6-5-16(10-21(18)27-24)15-3-2-4-20(29)9-15/h2-6,9-12,14,25,29H,7-8,13H2,1H3,(H,26,27,28). The predicted octanol–water partition coefficient (Wildman–Crippen LogP) is 4.40. The molecule has 0 amide bonds. The van der Waals surface area contributed by atoms with Gasteiger partial charge in [0, 0.05) is 18.1 Å². The lowest BCUT2D eigenvalue weighted by atomic mass is 10.00. The summed E-state index contributed by atoms with van der Waals surface area (Å²) >= 11 is 0. The van der Waals surface area contributed by atoms with Gasteiger partial charge < -0.3 is 20.5 Å². The van der Waals surface area contributed by atoms with Crippen molar-refractivity contribution in [2.45, 2.75) is 13.0 Å². The van der Waals surface area contributed by atoms with Crippen molar-refractivity contribution in [3.05, 3.63) is 71.9 Å². The molecule has 6 nitrogen and oxygen atoms in total. The minimum Gasteiger partial charge on any atom is -0.508 e. The van der Waals surface area contributed by atoms with E-state index >= 15 is 0 Å². The number of ether oxygens (including phenoxy) is 1. The van der Waals surface area contributed by atoms with Crippen LogP contribution < -0.4 is 15.4 Å².